The molecule has 0 aromatic heterocycles. The highest BCUT2D eigenvalue weighted by atomic mass is 16.5. The van der Waals surface area contributed by atoms with Gasteiger partial charge in [0.15, 0.2) is 0 Å². The third kappa shape index (κ3) is 2.87. The van der Waals surface area contributed by atoms with Crippen molar-refractivity contribution in [2.45, 2.75) is 20.4 Å². The standard InChI is InChI=1S/C12H20N2O2/c1-4-14(5-2)11-7-6-10(9-13-15)12(8-11)16-3/h6-8,13,15H,4-5,9H2,1-3H3. The van der Waals surface area contributed by atoms with Crippen LogP contribution in [0.5, 0.6) is 5.75 Å². The predicted molar refractivity (Wildman–Crippen MR) is 65.2 cm³/mol. The van der Waals surface area contributed by atoms with Crippen LogP contribution in [-0.2, 0) is 6.54 Å². The number of nitrogens with one attached hydrogen (secondary N) is 1. The van der Waals surface area contributed by atoms with Gasteiger partial charge in [-0.2, -0.15) is 0 Å². The second-order valence-corrected chi connectivity index (χ2v) is 3.50. The maximum atomic E-state index is 8.69. The van der Waals surface area contributed by atoms with Crippen LogP contribution in [0.15, 0.2) is 18.2 Å². The zero-order chi connectivity index (χ0) is 12.0. The summed E-state index contributed by atoms with van der Waals surface area (Å²) < 4.78 is 5.30. The molecular weight excluding hydrogens is 204 g/mol. The highest BCUT2D eigenvalue weighted by molar-refractivity contribution is 5.53. The van der Waals surface area contributed by atoms with E-state index in [-0.39, 0.29) is 0 Å². The number of methoxy groups -OCH3 is 1. The van der Waals surface area contributed by atoms with Crippen molar-refractivity contribution in [2.75, 3.05) is 25.1 Å². The molecule has 0 spiro atoms. The first-order valence-corrected chi connectivity index (χ1v) is 5.55. The summed E-state index contributed by atoms with van der Waals surface area (Å²) in [6.45, 7) is 6.58. The van der Waals surface area contributed by atoms with Crippen molar-refractivity contribution < 1.29 is 9.94 Å². The van der Waals surface area contributed by atoms with Crippen LogP contribution >= 0.6 is 0 Å². The van der Waals surface area contributed by atoms with E-state index < -0.39 is 0 Å². The minimum atomic E-state index is 0.391. The molecule has 0 heterocycles. The largest absolute Gasteiger partial charge is 0.496 e. The normalized spacial score (nSPS) is 10.2. The molecule has 0 bridgehead atoms. The molecular formula is C12H20N2O2. The fraction of sp³-hybridized carbons (Fsp3) is 0.500. The van der Waals surface area contributed by atoms with Gasteiger partial charge in [-0.3, -0.25) is 0 Å². The summed E-state index contributed by atoms with van der Waals surface area (Å²) in [5.41, 5.74) is 4.23. The Hall–Kier alpha value is -1.26. The van der Waals surface area contributed by atoms with Gasteiger partial charge in [0.05, 0.1) is 7.11 Å². The molecule has 0 amide bonds. The molecule has 16 heavy (non-hydrogen) atoms. The van der Waals surface area contributed by atoms with Crippen molar-refractivity contribution in [3.8, 4) is 5.75 Å². The average molecular weight is 224 g/mol. The zero-order valence-electron chi connectivity index (χ0n) is 10.2. The number of ether oxygens (including phenoxy) is 1. The zero-order valence-corrected chi connectivity index (χ0v) is 10.2. The van der Waals surface area contributed by atoms with Crippen molar-refractivity contribution in [1.29, 1.82) is 0 Å². The molecule has 0 saturated carbocycles. The molecule has 90 valence electrons. The fourth-order valence-electron chi connectivity index (χ4n) is 1.75. The number of hydroxylamine groups is 1. The Labute approximate surface area is 96.8 Å². The number of benzene rings is 1. The topological polar surface area (TPSA) is 44.7 Å². The lowest BCUT2D eigenvalue weighted by atomic mass is 10.1. The van der Waals surface area contributed by atoms with Crippen LogP contribution in [0.3, 0.4) is 0 Å². The van der Waals surface area contributed by atoms with Gasteiger partial charge >= 0.3 is 0 Å². The molecule has 0 radical (unpaired) electrons. The summed E-state index contributed by atoms with van der Waals surface area (Å²) in [4.78, 5) is 2.25. The van der Waals surface area contributed by atoms with E-state index in [1.54, 1.807) is 7.11 Å². The maximum Gasteiger partial charge on any atom is 0.125 e. The smallest absolute Gasteiger partial charge is 0.125 e. The van der Waals surface area contributed by atoms with E-state index in [1.165, 1.54) is 0 Å². The Balaban J connectivity index is 2.98. The predicted octanol–water partition coefficient (Wildman–Crippen LogP) is 2.02. The molecule has 0 fully saturated rings. The lowest BCUT2D eigenvalue weighted by Gasteiger charge is -2.22. The van der Waals surface area contributed by atoms with Crippen molar-refractivity contribution in [3.05, 3.63) is 23.8 Å². The molecule has 1 aromatic rings. The van der Waals surface area contributed by atoms with Crippen molar-refractivity contribution in [3.63, 3.8) is 0 Å². The van der Waals surface area contributed by atoms with Crippen LogP contribution in [-0.4, -0.2) is 25.4 Å². The molecule has 0 unspecified atom stereocenters. The minimum absolute atomic E-state index is 0.391. The Morgan fingerprint density at radius 3 is 2.50 bits per heavy atom. The van der Waals surface area contributed by atoms with Crippen LogP contribution in [0, 0.1) is 0 Å². The molecule has 0 aliphatic carbocycles. The second-order valence-electron chi connectivity index (χ2n) is 3.50. The van der Waals surface area contributed by atoms with Gasteiger partial charge in [-0.1, -0.05) is 6.07 Å². The van der Waals surface area contributed by atoms with Gasteiger partial charge in [0.2, 0.25) is 0 Å². The third-order valence-corrected chi connectivity index (χ3v) is 2.67. The molecule has 0 aliphatic rings. The van der Waals surface area contributed by atoms with Crippen LogP contribution < -0.4 is 15.1 Å². The van der Waals surface area contributed by atoms with Gasteiger partial charge in [0.1, 0.15) is 5.75 Å². The number of hydrogen-bond donors (Lipinski definition) is 2. The molecule has 4 nitrogen and oxygen atoms in total. The Bertz CT molecular complexity index is 325. The summed E-state index contributed by atoms with van der Waals surface area (Å²) >= 11 is 0. The summed E-state index contributed by atoms with van der Waals surface area (Å²) in [5.74, 6) is 0.797. The Morgan fingerprint density at radius 2 is 2.00 bits per heavy atom. The van der Waals surface area contributed by atoms with Gasteiger partial charge in [-0.15, -0.1) is 0 Å². The van der Waals surface area contributed by atoms with Crippen molar-refractivity contribution >= 4 is 5.69 Å². The summed E-state index contributed by atoms with van der Waals surface area (Å²) in [6.07, 6.45) is 0. The number of anilines is 1. The summed E-state index contributed by atoms with van der Waals surface area (Å²) in [5, 5.41) is 8.69. The summed E-state index contributed by atoms with van der Waals surface area (Å²) in [6, 6.07) is 6.01. The van der Waals surface area contributed by atoms with E-state index in [4.69, 9.17) is 9.94 Å². The summed E-state index contributed by atoms with van der Waals surface area (Å²) in [7, 11) is 1.64. The Morgan fingerprint density at radius 1 is 1.31 bits per heavy atom. The number of rotatable bonds is 6. The van der Waals surface area contributed by atoms with Gasteiger partial charge in [0, 0.05) is 37.0 Å². The first kappa shape index (κ1) is 12.8. The third-order valence-electron chi connectivity index (χ3n) is 2.67. The lowest BCUT2D eigenvalue weighted by molar-refractivity contribution is 0.160. The van der Waals surface area contributed by atoms with Gasteiger partial charge in [-0.25, -0.2) is 5.48 Å². The van der Waals surface area contributed by atoms with E-state index in [0.29, 0.717) is 6.54 Å². The number of hydrogen-bond acceptors (Lipinski definition) is 4. The first-order chi connectivity index (χ1) is 7.76. The SMILES string of the molecule is CCN(CC)c1ccc(CNO)c(OC)c1. The van der Waals surface area contributed by atoms with Gasteiger partial charge in [0.25, 0.3) is 0 Å². The van der Waals surface area contributed by atoms with E-state index >= 15 is 0 Å². The molecule has 0 saturated heterocycles. The fourth-order valence-corrected chi connectivity index (χ4v) is 1.75. The average Bonchev–Trinajstić information content (AvgIpc) is 2.32. The minimum Gasteiger partial charge on any atom is -0.496 e. The number of nitrogens with zero attached hydrogens (tertiary/aromatic N) is 1. The molecule has 1 rings (SSSR count). The monoisotopic (exact) mass is 224 g/mol. The maximum absolute atomic E-state index is 8.69. The van der Waals surface area contributed by atoms with E-state index in [0.717, 1.165) is 30.1 Å². The van der Waals surface area contributed by atoms with E-state index in [1.807, 2.05) is 18.2 Å². The van der Waals surface area contributed by atoms with Crippen LogP contribution in [0.1, 0.15) is 19.4 Å². The molecule has 2 N–H and O–H groups in total. The van der Waals surface area contributed by atoms with Crippen LogP contribution in [0.4, 0.5) is 5.69 Å². The van der Waals surface area contributed by atoms with Gasteiger partial charge in [-0.05, 0) is 19.9 Å². The molecule has 1 aromatic carbocycles. The molecule has 0 aliphatic heterocycles. The Kier molecular flexibility index (Phi) is 5.08. The van der Waals surface area contributed by atoms with E-state index in [9.17, 15) is 0 Å². The van der Waals surface area contributed by atoms with Crippen LogP contribution in [0.25, 0.3) is 0 Å². The van der Waals surface area contributed by atoms with Crippen LogP contribution in [0.2, 0.25) is 0 Å². The quantitative estimate of drug-likeness (QED) is 0.726. The first-order valence-electron chi connectivity index (χ1n) is 5.55. The highest BCUT2D eigenvalue weighted by Crippen LogP contribution is 2.25. The highest BCUT2D eigenvalue weighted by Gasteiger charge is 2.07. The molecule has 0 atom stereocenters. The van der Waals surface area contributed by atoms with Crippen molar-refractivity contribution in [2.24, 2.45) is 0 Å². The van der Waals surface area contributed by atoms with E-state index in [2.05, 4.69) is 24.2 Å². The second kappa shape index (κ2) is 6.35. The lowest BCUT2D eigenvalue weighted by Crippen LogP contribution is -2.21. The molecule has 4 heteroatoms. The van der Waals surface area contributed by atoms with Crippen molar-refractivity contribution in [1.82, 2.24) is 5.48 Å². The van der Waals surface area contributed by atoms with Gasteiger partial charge < -0.3 is 14.8 Å².